The molecule has 0 amide bonds. The fraction of sp³-hybridized carbons (Fsp3) is 0.647. The Morgan fingerprint density at radius 1 is 1.20 bits per heavy atom. The summed E-state index contributed by atoms with van der Waals surface area (Å²) < 4.78 is 5.49. The third kappa shape index (κ3) is 3.89. The summed E-state index contributed by atoms with van der Waals surface area (Å²) in [5.41, 5.74) is 8.50. The van der Waals surface area contributed by atoms with Crippen LogP contribution in [0.25, 0.3) is 0 Å². The van der Waals surface area contributed by atoms with Crippen LogP contribution in [0.1, 0.15) is 52.1 Å². The Morgan fingerprint density at radius 2 is 1.85 bits per heavy atom. The Labute approximate surface area is 124 Å². The van der Waals surface area contributed by atoms with Crippen LogP contribution in [-0.4, -0.2) is 20.2 Å². The molecule has 0 fully saturated rings. The topological polar surface area (TPSA) is 38.5 Å². The van der Waals surface area contributed by atoms with E-state index in [1.54, 1.807) is 7.11 Å². The second-order valence-electron chi connectivity index (χ2n) is 5.40. The molecule has 2 N–H and O–H groups in total. The number of anilines is 1. The zero-order valence-corrected chi connectivity index (χ0v) is 13.6. The van der Waals surface area contributed by atoms with Crippen molar-refractivity contribution in [1.82, 2.24) is 0 Å². The number of hydrogen-bond acceptors (Lipinski definition) is 3. The van der Waals surface area contributed by atoms with Gasteiger partial charge in [-0.2, -0.15) is 0 Å². The molecule has 114 valence electrons. The molecule has 3 heteroatoms. The van der Waals surface area contributed by atoms with Crippen molar-refractivity contribution in [3.63, 3.8) is 0 Å². The monoisotopic (exact) mass is 278 g/mol. The van der Waals surface area contributed by atoms with Gasteiger partial charge in [0.1, 0.15) is 5.75 Å². The van der Waals surface area contributed by atoms with E-state index in [4.69, 9.17) is 10.5 Å². The molecule has 0 saturated heterocycles. The molecule has 0 aliphatic carbocycles. The van der Waals surface area contributed by atoms with Gasteiger partial charge in [-0.15, -0.1) is 0 Å². The van der Waals surface area contributed by atoms with Gasteiger partial charge in [0.05, 0.1) is 7.11 Å². The van der Waals surface area contributed by atoms with Crippen molar-refractivity contribution < 1.29 is 4.74 Å². The number of nitrogens with two attached hydrogens (primary N) is 1. The Morgan fingerprint density at radius 3 is 2.30 bits per heavy atom. The zero-order valence-electron chi connectivity index (χ0n) is 13.6. The number of nitrogens with zero attached hydrogens (tertiary/aromatic N) is 1. The highest BCUT2D eigenvalue weighted by Gasteiger charge is 2.18. The summed E-state index contributed by atoms with van der Waals surface area (Å²) in [5, 5.41) is 0. The van der Waals surface area contributed by atoms with Crippen LogP contribution in [-0.2, 0) is 0 Å². The first kappa shape index (κ1) is 16.8. The van der Waals surface area contributed by atoms with Crippen molar-refractivity contribution >= 4 is 5.69 Å². The van der Waals surface area contributed by atoms with Crippen molar-refractivity contribution in [2.24, 2.45) is 11.7 Å². The van der Waals surface area contributed by atoms with Gasteiger partial charge >= 0.3 is 0 Å². The summed E-state index contributed by atoms with van der Waals surface area (Å²) in [6, 6.07) is 6.17. The van der Waals surface area contributed by atoms with Gasteiger partial charge in [0.15, 0.2) is 0 Å². The van der Waals surface area contributed by atoms with E-state index in [-0.39, 0.29) is 6.04 Å². The van der Waals surface area contributed by atoms with Crippen LogP contribution < -0.4 is 15.4 Å². The first-order valence-corrected chi connectivity index (χ1v) is 7.76. The quantitative estimate of drug-likeness (QED) is 0.781. The van der Waals surface area contributed by atoms with E-state index >= 15 is 0 Å². The molecular formula is C17H30N2O. The number of rotatable bonds is 8. The molecule has 0 bridgehead atoms. The maximum atomic E-state index is 6.17. The van der Waals surface area contributed by atoms with Crippen LogP contribution in [0, 0.1) is 5.92 Å². The van der Waals surface area contributed by atoms with Gasteiger partial charge in [0.25, 0.3) is 0 Å². The molecule has 1 aromatic carbocycles. The van der Waals surface area contributed by atoms with Crippen LogP contribution in [0.4, 0.5) is 5.69 Å². The third-order valence-electron chi connectivity index (χ3n) is 4.07. The van der Waals surface area contributed by atoms with E-state index in [0.29, 0.717) is 0 Å². The molecule has 0 aliphatic heterocycles. The average Bonchev–Trinajstić information content (AvgIpc) is 2.47. The highest BCUT2D eigenvalue weighted by molar-refractivity contribution is 5.60. The van der Waals surface area contributed by atoms with Gasteiger partial charge in [0.2, 0.25) is 0 Å². The Balaban J connectivity index is 3.14. The van der Waals surface area contributed by atoms with E-state index in [2.05, 4.69) is 37.8 Å². The molecule has 3 nitrogen and oxygen atoms in total. The summed E-state index contributed by atoms with van der Waals surface area (Å²) in [4.78, 5) is 2.43. The van der Waals surface area contributed by atoms with Crippen LogP contribution in [0.5, 0.6) is 5.75 Å². The molecule has 0 aromatic heterocycles. The van der Waals surface area contributed by atoms with E-state index in [1.165, 1.54) is 18.5 Å². The number of ether oxygens (including phenoxy) is 1. The Bertz CT molecular complexity index is 400. The van der Waals surface area contributed by atoms with Crippen LogP contribution in [0.2, 0.25) is 0 Å². The van der Waals surface area contributed by atoms with E-state index in [1.807, 2.05) is 13.0 Å². The second kappa shape index (κ2) is 8.15. The minimum absolute atomic E-state index is 0.0306. The molecular weight excluding hydrogens is 248 g/mol. The standard InChI is InChI=1S/C17H30N2O/c1-6-14(7-2)12-19(8-3)15-10-9-11-16(20-5)17(15)13(4)18/h9-11,13-14H,6-8,12,18H2,1-5H3/t13-/m0/s1. The fourth-order valence-electron chi connectivity index (χ4n) is 2.70. The lowest BCUT2D eigenvalue weighted by Crippen LogP contribution is -2.30. The lowest BCUT2D eigenvalue weighted by molar-refractivity contribution is 0.406. The third-order valence-corrected chi connectivity index (χ3v) is 4.07. The van der Waals surface area contributed by atoms with Crippen LogP contribution >= 0.6 is 0 Å². The molecule has 0 unspecified atom stereocenters. The lowest BCUT2D eigenvalue weighted by Gasteiger charge is -2.31. The SMILES string of the molecule is CCC(CC)CN(CC)c1cccc(OC)c1[C@H](C)N. The second-order valence-corrected chi connectivity index (χ2v) is 5.40. The zero-order chi connectivity index (χ0) is 15.1. The molecule has 1 atom stereocenters. The smallest absolute Gasteiger partial charge is 0.125 e. The minimum Gasteiger partial charge on any atom is -0.496 e. The van der Waals surface area contributed by atoms with E-state index < -0.39 is 0 Å². The fourth-order valence-corrected chi connectivity index (χ4v) is 2.70. The Kier molecular flexibility index (Phi) is 6.86. The largest absolute Gasteiger partial charge is 0.496 e. The summed E-state index contributed by atoms with van der Waals surface area (Å²) in [6.07, 6.45) is 2.43. The first-order valence-electron chi connectivity index (χ1n) is 7.76. The number of methoxy groups -OCH3 is 1. The maximum Gasteiger partial charge on any atom is 0.125 e. The van der Waals surface area contributed by atoms with Crippen LogP contribution in [0.15, 0.2) is 18.2 Å². The van der Waals surface area contributed by atoms with Gasteiger partial charge in [-0.3, -0.25) is 0 Å². The first-order chi connectivity index (χ1) is 9.58. The van der Waals surface area contributed by atoms with E-state index in [9.17, 15) is 0 Å². The number of benzene rings is 1. The molecule has 0 spiro atoms. The normalized spacial score (nSPS) is 12.6. The van der Waals surface area contributed by atoms with Gasteiger partial charge < -0.3 is 15.4 Å². The predicted molar refractivity (Wildman–Crippen MR) is 87.6 cm³/mol. The molecule has 0 aliphatic rings. The molecule has 0 radical (unpaired) electrons. The van der Waals surface area contributed by atoms with Gasteiger partial charge in [0, 0.05) is 30.4 Å². The van der Waals surface area contributed by atoms with Crippen LogP contribution in [0.3, 0.4) is 0 Å². The number of hydrogen-bond donors (Lipinski definition) is 1. The summed E-state index contributed by atoms with van der Waals surface area (Å²) in [6.45, 7) is 10.8. The van der Waals surface area contributed by atoms with Crippen molar-refractivity contribution in [3.05, 3.63) is 23.8 Å². The predicted octanol–water partition coefficient (Wildman–Crippen LogP) is 3.98. The maximum absolute atomic E-state index is 6.17. The van der Waals surface area contributed by atoms with Gasteiger partial charge in [-0.05, 0) is 31.9 Å². The molecule has 0 saturated carbocycles. The molecule has 1 rings (SSSR count). The van der Waals surface area contributed by atoms with Gasteiger partial charge in [-0.25, -0.2) is 0 Å². The van der Waals surface area contributed by atoms with E-state index in [0.717, 1.165) is 30.3 Å². The van der Waals surface area contributed by atoms with Crippen molar-refractivity contribution in [2.45, 2.75) is 46.6 Å². The summed E-state index contributed by atoms with van der Waals surface area (Å²) >= 11 is 0. The lowest BCUT2D eigenvalue weighted by atomic mass is 10.00. The minimum atomic E-state index is -0.0306. The highest BCUT2D eigenvalue weighted by atomic mass is 16.5. The summed E-state index contributed by atoms with van der Waals surface area (Å²) in [5.74, 6) is 1.61. The van der Waals surface area contributed by atoms with Crippen molar-refractivity contribution in [1.29, 1.82) is 0 Å². The molecule has 1 aromatic rings. The molecule has 20 heavy (non-hydrogen) atoms. The Hall–Kier alpha value is -1.22. The average molecular weight is 278 g/mol. The highest BCUT2D eigenvalue weighted by Crippen LogP contribution is 2.34. The van der Waals surface area contributed by atoms with Gasteiger partial charge in [-0.1, -0.05) is 32.8 Å². The molecule has 0 heterocycles. The van der Waals surface area contributed by atoms with Crippen molar-refractivity contribution in [2.75, 3.05) is 25.1 Å². The summed E-state index contributed by atoms with van der Waals surface area (Å²) in [7, 11) is 1.71. The van der Waals surface area contributed by atoms with Crippen molar-refractivity contribution in [3.8, 4) is 5.75 Å².